The van der Waals surface area contributed by atoms with E-state index in [9.17, 15) is 14.7 Å². The molecule has 9 nitrogen and oxygen atoms in total. The molecule has 34 heavy (non-hydrogen) atoms. The number of benzene rings is 2. The van der Waals surface area contributed by atoms with Crippen molar-refractivity contribution in [2.24, 2.45) is 5.10 Å². The van der Waals surface area contributed by atoms with E-state index in [4.69, 9.17) is 13.9 Å². The van der Waals surface area contributed by atoms with Crippen molar-refractivity contribution >= 4 is 23.2 Å². The third-order valence-corrected chi connectivity index (χ3v) is 5.61. The van der Waals surface area contributed by atoms with E-state index < -0.39 is 11.8 Å². The van der Waals surface area contributed by atoms with E-state index in [1.807, 2.05) is 0 Å². The number of carbonyl (C=O) groups excluding carboxylic acids is 2. The van der Waals surface area contributed by atoms with Crippen LogP contribution in [0.2, 0.25) is 0 Å². The maximum Gasteiger partial charge on any atom is 0.291 e. The Kier molecular flexibility index (Phi) is 6.53. The lowest BCUT2D eigenvalue weighted by atomic mass is 9.93. The summed E-state index contributed by atoms with van der Waals surface area (Å²) in [5.41, 5.74) is 5.41. The smallest absolute Gasteiger partial charge is 0.291 e. The number of phenols is 1. The van der Waals surface area contributed by atoms with Crippen LogP contribution in [0.4, 0.5) is 5.69 Å². The van der Waals surface area contributed by atoms with Crippen LogP contribution in [0.1, 0.15) is 50.6 Å². The van der Waals surface area contributed by atoms with Gasteiger partial charge in [-0.25, -0.2) is 5.43 Å². The fraction of sp³-hybridized carbons (Fsp3) is 0.240. The molecule has 0 radical (unpaired) electrons. The maximum absolute atomic E-state index is 13.1. The number of ether oxygens (including phenoxy) is 2. The highest BCUT2D eigenvalue weighted by Gasteiger charge is 2.28. The van der Waals surface area contributed by atoms with E-state index in [0.717, 1.165) is 12.0 Å². The number of methoxy groups -OCH3 is 2. The predicted molar refractivity (Wildman–Crippen MR) is 126 cm³/mol. The zero-order chi connectivity index (χ0) is 24.2. The van der Waals surface area contributed by atoms with Crippen molar-refractivity contribution in [3.05, 3.63) is 70.7 Å². The van der Waals surface area contributed by atoms with Gasteiger partial charge in [-0.15, -0.1) is 0 Å². The van der Waals surface area contributed by atoms with Crippen molar-refractivity contribution in [1.29, 1.82) is 0 Å². The third kappa shape index (κ3) is 4.59. The van der Waals surface area contributed by atoms with Crippen molar-refractivity contribution in [1.82, 2.24) is 5.43 Å². The monoisotopic (exact) mass is 463 g/mol. The third-order valence-electron chi connectivity index (χ3n) is 5.61. The van der Waals surface area contributed by atoms with Crippen molar-refractivity contribution in [3.8, 4) is 17.2 Å². The van der Waals surface area contributed by atoms with E-state index in [-0.39, 0.29) is 11.5 Å². The summed E-state index contributed by atoms with van der Waals surface area (Å²) in [5.74, 6) is 1.15. The Hall–Kier alpha value is -4.27. The molecule has 0 atom stereocenters. The number of furan rings is 1. The quantitative estimate of drug-likeness (QED) is 0.475. The van der Waals surface area contributed by atoms with E-state index in [1.54, 1.807) is 32.2 Å². The number of hydrogen-bond donors (Lipinski definition) is 3. The first-order valence-corrected chi connectivity index (χ1v) is 10.7. The first kappa shape index (κ1) is 22.9. The number of nitrogens with zero attached hydrogens (tertiary/aromatic N) is 1. The average molecular weight is 463 g/mol. The summed E-state index contributed by atoms with van der Waals surface area (Å²) in [7, 11) is 3.06. The number of carbonyl (C=O) groups is 2. The number of hydrogen-bond acceptors (Lipinski definition) is 7. The van der Waals surface area contributed by atoms with Gasteiger partial charge in [0, 0.05) is 29.2 Å². The first-order chi connectivity index (χ1) is 16.4. The molecule has 1 aromatic heterocycles. The van der Waals surface area contributed by atoms with Crippen LogP contribution in [0.15, 0.2) is 52.0 Å². The molecule has 4 rings (SSSR count). The topological polar surface area (TPSA) is 122 Å². The Morgan fingerprint density at radius 1 is 1.03 bits per heavy atom. The van der Waals surface area contributed by atoms with Crippen LogP contribution in [0.5, 0.6) is 17.2 Å². The zero-order valence-electron chi connectivity index (χ0n) is 19.1. The van der Waals surface area contributed by atoms with Gasteiger partial charge in [0.1, 0.15) is 23.0 Å². The summed E-state index contributed by atoms with van der Waals surface area (Å²) < 4.78 is 16.5. The number of anilines is 1. The molecule has 3 aromatic rings. The van der Waals surface area contributed by atoms with Gasteiger partial charge in [-0.05, 0) is 56.2 Å². The summed E-state index contributed by atoms with van der Waals surface area (Å²) in [4.78, 5) is 25.5. The van der Waals surface area contributed by atoms with E-state index in [1.165, 1.54) is 31.4 Å². The largest absolute Gasteiger partial charge is 0.508 e. The molecule has 0 aliphatic heterocycles. The lowest BCUT2D eigenvalue weighted by Gasteiger charge is -2.13. The van der Waals surface area contributed by atoms with Crippen LogP contribution < -0.4 is 20.2 Å². The number of phenolic OH excluding ortho intramolecular Hbond substituents is 1. The van der Waals surface area contributed by atoms with Gasteiger partial charge in [0.2, 0.25) is 0 Å². The van der Waals surface area contributed by atoms with Crippen molar-refractivity contribution in [2.45, 2.75) is 26.2 Å². The number of amides is 2. The number of rotatable bonds is 6. The number of fused-ring (bicyclic) bond motifs is 1. The summed E-state index contributed by atoms with van der Waals surface area (Å²) >= 11 is 0. The first-order valence-electron chi connectivity index (χ1n) is 10.7. The van der Waals surface area contributed by atoms with Crippen molar-refractivity contribution in [2.75, 3.05) is 19.5 Å². The fourth-order valence-corrected chi connectivity index (χ4v) is 3.88. The maximum atomic E-state index is 13.1. The molecule has 2 amide bonds. The van der Waals surface area contributed by atoms with Gasteiger partial charge >= 0.3 is 0 Å². The second-order valence-electron chi connectivity index (χ2n) is 7.77. The minimum absolute atomic E-state index is 0.0752. The van der Waals surface area contributed by atoms with Gasteiger partial charge in [-0.1, -0.05) is 0 Å². The molecule has 0 unspecified atom stereocenters. The Morgan fingerprint density at radius 2 is 1.79 bits per heavy atom. The molecule has 0 saturated heterocycles. The lowest BCUT2D eigenvalue weighted by Crippen LogP contribution is -2.22. The number of nitrogens with one attached hydrogen (secondary N) is 2. The Morgan fingerprint density at radius 3 is 2.50 bits per heavy atom. The van der Waals surface area contributed by atoms with Crippen molar-refractivity contribution < 1.29 is 28.6 Å². The van der Waals surface area contributed by atoms with Gasteiger partial charge in [-0.3, -0.25) is 9.59 Å². The van der Waals surface area contributed by atoms with Crippen LogP contribution in [-0.4, -0.2) is 36.9 Å². The Balaban J connectivity index is 1.58. The summed E-state index contributed by atoms with van der Waals surface area (Å²) in [5, 5.41) is 16.5. The molecular formula is C25H25N3O6. The molecule has 1 aliphatic rings. The number of hydrazone groups is 1. The number of aromatic hydroxyl groups is 1. The fourth-order valence-electron chi connectivity index (χ4n) is 3.88. The highest BCUT2D eigenvalue weighted by Crippen LogP contribution is 2.33. The van der Waals surface area contributed by atoms with Crippen LogP contribution in [0.25, 0.3) is 0 Å². The molecule has 0 fully saturated rings. The Bertz CT molecular complexity index is 1260. The minimum Gasteiger partial charge on any atom is -0.508 e. The van der Waals surface area contributed by atoms with Crippen LogP contribution in [0, 0.1) is 6.92 Å². The van der Waals surface area contributed by atoms with Crippen molar-refractivity contribution in [3.63, 3.8) is 0 Å². The molecule has 0 saturated carbocycles. The predicted octanol–water partition coefficient (Wildman–Crippen LogP) is 4.03. The van der Waals surface area contributed by atoms with Crippen LogP contribution in [-0.2, 0) is 6.42 Å². The number of aryl methyl sites for hydroxylation is 1. The molecule has 9 heteroatoms. The summed E-state index contributed by atoms with van der Waals surface area (Å²) in [6.45, 7) is 1.79. The minimum atomic E-state index is -0.425. The molecular weight excluding hydrogens is 438 g/mol. The van der Waals surface area contributed by atoms with Gasteiger partial charge in [0.25, 0.3) is 11.8 Å². The Labute approximate surface area is 196 Å². The van der Waals surface area contributed by atoms with E-state index >= 15 is 0 Å². The molecule has 1 aliphatic carbocycles. The second kappa shape index (κ2) is 9.70. The van der Waals surface area contributed by atoms with Gasteiger partial charge < -0.3 is 24.3 Å². The van der Waals surface area contributed by atoms with Gasteiger partial charge in [0.15, 0.2) is 5.76 Å². The van der Waals surface area contributed by atoms with E-state index in [0.29, 0.717) is 52.6 Å². The average Bonchev–Trinajstić information content (AvgIpc) is 3.20. The summed E-state index contributed by atoms with van der Waals surface area (Å²) in [6.07, 6.45) is 2.07. The standard InChI is InChI=1S/C25H25N3O6/c1-14-22-18(27-28-24(30)15-7-9-16(29)10-8-15)5-4-6-21(22)34-23(14)25(31)26-19-13-17(32-2)11-12-20(19)33-3/h7-13,29H,4-6H2,1-3H3,(H,26,31)(H,28,30)/b27-18+. The van der Waals surface area contributed by atoms with Gasteiger partial charge in [0.05, 0.1) is 25.6 Å². The summed E-state index contributed by atoms with van der Waals surface area (Å²) in [6, 6.07) is 11.0. The zero-order valence-corrected chi connectivity index (χ0v) is 19.1. The SMILES string of the molecule is COc1ccc(OC)c(NC(=O)c2oc3c(c2C)/C(=N/NC(=O)c2ccc(O)cc2)CCC3)c1. The van der Waals surface area contributed by atoms with E-state index in [2.05, 4.69) is 15.8 Å². The molecule has 1 heterocycles. The molecule has 176 valence electrons. The highest BCUT2D eigenvalue weighted by molar-refractivity contribution is 6.10. The lowest BCUT2D eigenvalue weighted by molar-refractivity contribution is 0.0953. The van der Waals surface area contributed by atoms with Crippen LogP contribution >= 0.6 is 0 Å². The highest BCUT2D eigenvalue weighted by atomic mass is 16.5. The molecule has 0 spiro atoms. The molecule has 3 N–H and O–H groups in total. The second-order valence-corrected chi connectivity index (χ2v) is 7.77. The molecule has 0 bridgehead atoms. The molecule has 2 aromatic carbocycles. The normalized spacial score (nSPS) is 13.8. The van der Waals surface area contributed by atoms with Gasteiger partial charge in [-0.2, -0.15) is 5.10 Å². The van der Waals surface area contributed by atoms with Crippen LogP contribution in [0.3, 0.4) is 0 Å².